The van der Waals surface area contributed by atoms with E-state index >= 15 is 0 Å². The van der Waals surface area contributed by atoms with Gasteiger partial charge in [-0.1, -0.05) is 30.3 Å². The molecule has 0 spiro atoms. The summed E-state index contributed by atoms with van der Waals surface area (Å²) in [5.41, 5.74) is 0.595. The van der Waals surface area contributed by atoms with E-state index in [1.807, 2.05) is 38.1 Å². The van der Waals surface area contributed by atoms with Crippen molar-refractivity contribution in [1.82, 2.24) is 10.3 Å². The largest absolute Gasteiger partial charge is 0.350 e. The van der Waals surface area contributed by atoms with Crippen LogP contribution in [0.2, 0.25) is 5.02 Å². The quantitative estimate of drug-likeness (QED) is 0.887. The van der Waals surface area contributed by atoms with Crippen LogP contribution < -0.4 is 5.32 Å². The number of hydrogen-bond donors (Lipinski definition) is 1. The van der Waals surface area contributed by atoms with Crippen molar-refractivity contribution < 1.29 is 4.79 Å². The summed E-state index contributed by atoms with van der Waals surface area (Å²) in [6.07, 6.45) is 2.59. The van der Waals surface area contributed by atoms with Crippen LogP contribution in [0.3, 0.4) is 0 Å². The van der Waals surface area contributed by atoms with Crippen molar-refractivity contribution in [2.75, 3.05) is 0 Å². The van der Waals surface area contributed by atoms with Gasteiger partial charge in [-0.3, -0.25) is 4.79 Å². The Hall–Kier alpha value is -1.52. The second-order valence-electron chi connectivity index (χ2n) is 4.69. The first-order valence-corrected chi connectivity index (χ1v) is 7.99. The van der Waals surface area contributed by atoms with Crippen molar-refractivity contribution in [2.24, 2.45) is 0 Å². The molecule has 0 bridgehead atoms. The Balaban J connectivity index is 2.20. The van der Waals surface area contributed by atoms with Crippen molar-refractivity contribution in [3.8, 4) is 0 Å². The third kappa shape index (κ3) is 4.48. The Labute approximate surface area is 134 Å². The Bertz CT molecular complexity index is 616. The van der Waals surface area contributed by atoms with Crippen LogP contribution in [0.4, 0.5) is 0 Å². The number of carbonyl (C=O) groups is 1. The zero-order valence-electron chi connectivity index (χ0n) is 12.0. The molecule has 0 saturated heterocycles. The molecule has 0 aliphatic carbocycles. The lowest BCUT2D eigenvalue weighted by Gasteiger charge is -2.13. The number of carbonyl (C=O) groups excluding carboxylic acids is 1. The smallest absolute Gasteiger partial charge is 0.254 e. The van der Waals surface area contributed by atoms with E-state index in [1.54, 1.807) is 18.3 Å². The molecule has 1 aromatic heterocycles. The maximum absolute atomic E-state index is 12.3. The number of nitrogens with zero attached hydrogens (tertiary/aromatic N) is 1. The van der Waals surface area contributed by atoms with E-state index in [2.05, 4.69) is 10.3 Å². The molecule has 0 aliphatic heterocycles. The van der Waals surface area contributed by atoms with Gasteiger partial charge in [0.2, 0.25) is 0 Å². The molecule has 1 heterocycles. The van der Waals surface area contributed by atoms with Crippen LogP contribution in [0.25, 0.3) is 0 Å². The number of rotatable bonds is 5. The molecule has 1 amide bonds. The van der Waals surface area contributed by atoms with Crippen LogP contribution in [0.15, 0.2) is 52.5 Å². The molecule has 0 fully saturated rings. The van der Waals surface area contributed by atoms with Crippen molar-refractivity contribution >= 4 is 29.3 Å². The Morgan fingerprint density at radius 1 is 1.33 bits per heavy atom. The molecule has 0 aliphatic rings. The minimum absolute atomic E-state index is 0.0890. The van der Waals surface area contributed by atoms with E-state index in [0.717, 1.165) is 11.3 Å². The average Bonchev–Trinajstić information content (AvgIpc) is 2.50. The molecular formula is C16H17ClN2OS. The number of amides is 1. The molecule has 1 aromatic carbocycles. The first kappa shape index (κ1) is 15.9. The van der Waals surface area contributed by atoms with Crippen molar-refractivity contribution in [1.29, 1.82) is 0 Å². The van der Waals surface area contributed by atoms with Gasteiger partial charge in [-0.25, -0.2) is 4.98 Å². The molecule has 1 N–H and O–H groups in total. The molecule has 2 rings (SSSR count). The lowest BCUT2D eigenvalue weighted by molar-refractivity contribution is 0.0935. The minimum atomic E-state index is -0.0890. The monoisotopic (exact) mass is 320 g/mol. The normalized spacial score (nSPS) is 12.0. The predicted octanol–water partition coefficient (Wildman–Crippen LogP) is 4.41. The highest BCUT2D eigenvalue weighted by molar-refractivity contribution is 7.99. The van der Waals surface area contributed by atoms with Crippen LogP contribution in [-0.4, -0.2) is 16.9 Å². The highest BCUT2D eigenvalue weighted by atomic mass is 35.5. The summed E-state index contributed by atoms with van der Waals surface area (Å²) in [7, 11) is 0. The van der Waals surface area contributed by atoms with E-state index in [0.29, 0.717) is 15.6 Å². The number of pyridine rings is 1. The van der Waals surface area contributed by atoms with Crippen LogP contribution >= 0.6 is 23.4 Å². The third-order valence-corrected chi connectivity index (χ3v) is 4.31. The molecule has 21 heavy (non-hydrogen) atoms. The maximum Gasteiger partial charge on any atom is 0.254 e. The second-order valence-corrected chi connectivity index (χ2v) is 6.19. The summed E-state index contributed by atoms with van der Waals surface area (Å²) >= 11 is 7.34. The Kier molecular flexibility index (Phi) is 5.65. The second kappa shape index (κ2) is 7.48. The van der Waals surface area contributed by atoms with Crippen LogP contribution in [0.1, 0.15) is 30.6 Å². The van der Waals surface area contributed by atoms with Gasteiger partial charge < -0.3 is 5.32 Å². The summed E-state index contributed by atoms with van der Waals surface area (Å²) in [4.78, 5) is 17.6. The van der Waals surface area contributed by atoms with Gasteiger partial charge >= 0.3 is 0 Å². The topological polar surface area (TPSA) is 42.0 Å². The van der Waals surface area contributed by atoms with Gasteiger partial charge in [0.15, 0.2) is 0 Å². The van der Waals surface area contributed by atoms with E-state index in [1.165, 1.54) is 11.8 Å². The zero-order valence-corrected chi connectivity index (χ0v) is 13.5. The molecule has 2 aromatic rings. The van der Waals surface area contributed by atoms with Crippen LogP contribution in [-0.2, 0) is 0 Å². The number of halogens is 1. The summed E-state index contributed by atoms with van der Waals surface area (Å²) in [6, 6.07) is 11.2. The van der Waals surface area contributed by atoms with Crippen molar-refractivity contribution in [3.05, 3.63) is 53.2 Å². The van der Waals surface area contributed by atoms with Crippen molar-refractivity contribution in [3.63, 3.8) is 0 Å². The lowest BCUT2D eigenvalue weighted by atomic mass is 10.2. The third-order valence-electron chi connectivity index (χ3n) is 3.03. The van der Waals surface area contributed by atoms with Gasteiger partial charge in [0.25, 0.3) is 5.91 Å². The van der Waals surface area contributed by atoms with Gasteiger partial charge in [0, 0.05) is 22.2 Å². The fraction of sp³-hybridized carbons (Fsp3) is 0.250. The summed E-state index contributed by atoms with van der Waals surface area (Å²) < 4.78 is 0. The first-order chi connectivity index (χ1) is 10.1. The molecule has 110 valence electrons. The van der Waals surface area contributed by atoms with E-state index in [-0.39, 0.29) is 11.9 Å². The predicted molar refractivity (Wildman–Crippen MR) is 87.0 cm³/mol. The molecule has 0 unspecified atom stereocenters. The first-order valence-electron chi connectivity index (χ1n) is 6.79. The Morgan fingerprint density at radius 3 is 2.71 bits per heavy atom. The summed E-state index contributed by atoms with van der Waals surface area (Å²) in [5, 5.41) is 4.35. The van der Waals surface area contributed by atoms with Crippen LogP contribution in [0, 0.1) is 0 Å². The summed E-state index contributed by atoms with van der Waals surface area (Å²) in [6.45, 7) is 4.03. The number of aromatic nitrogens is 1. The van der Waals surface area contributed by atoms with Gasteiger partial charge in [-0.15, -0.1) is 0 Å². The molecule has 3 nitrogen and oxygen atoms in total. The summed E-state index contributed by atoms with van der Waals surface area (Å²) in [5.74, 6) is -0.0890. The van der Waals surface area contributed by atoms with E-state index < -0.39 is 0 Å². The highest BCUT2D eigenvalue weighted by Gasteiger charge is 2.14. The molecule has 1 atom stereocenters. The van der Waals surface area contributed by atoms with Gasteiger partial charge in [0.05, 0.1) is 5.56 Å². The van der Waals surface area contributed by atoms with Crippen molar-refractivity contribution in [2.45, 2.75) is 36.2 Å². The van der Waals surface area contributed by atoms with Gasteiger partial charge in [-0.2, -0.15) is 0 Å². The number of nitrogens with one attached hydrogen (secondary N) is 1. The van der Waals surface area contributed by atoms with Gasteiger partial charge in [-0.05, 0) is 49.7 Å². The van der Waals surface area contributed by atoms with Gasteiger partial charge in [0.1, 0.15) is 5.03 Å². The highest BCUT2D eigenvalue weighted by Crippen LogP contribution is 2.29. The Morgan fingerprint density at radius 2 is 2.05 bits per heavy atom. The standard InChI is InChI=1S/C16H17ClN2OS/c1-3-11(2)19-15(20)14-5-4-10-18-16(14)21-13-8-6-12(17)7-9-13/h4-11H,3H2,1-2H3,(H,19,20)/t11-/m0/s1. The van der Waals surface area contributed by atoms with Crippen LogP contribution in [0.5, 0.6) is 0 Å². The number of benzene rings is 1. The fourth-order valence-corrected chi connectivity index (χ4v) is 2.67. The van der Waals surface area contributed by atoms with E-state index in [4.69, 9.17) is 11.6 Å². The average molecular weight is 321 g/mol. The maximum atomic E-state index is 12.3. The molecule has 0 saturated carbocycles. The van der Waals surface area contributed by atoms with E-state index in [9.17, 15) is 4.79 Å². The fourth-order valence-electron chi connectivity index (χ4n) is 1.66. The SMILES string of the molecule is CC[C@H](C)NC(=O)c1cccnc1Sc1ccc(Cl)cc1. The molecule has 5 heteroatoms. The zero-order chi connectivity index (χ0) is 15.2. The number of hydrogen-bond acceptors (Lipinski definition) is 3. The molecular weight excluding hydrogens is 304 g/mol. The molecule has 0 radical (unpaired) electrons. The lowest BCUT2D eigenvalue weighted by Crippen LogP contribution is -2.32. The minimum Gasteiger partial charge on any atom is -0.350 e.